The number of nitrogens with two attached hydrogens (primary N) is 2. The van der Waals surface area contributed by atoms with Crippen LogP contribution in [0.4, 0.5) is 11.4 Å². The number of benzene rings is 2. The molecule has 2 rings (SSSR count). The first-order valence-corrected chi connectivity index (χ1v) is 6.21. The molecule has 0 aromatic heterocycles. The maximum Gasteiger partial charge on any atom is 0.0549 e. The molecule has 0 bridgehead atoms. The van der Waals surface area contributed by atoms with Crippen molar-refractivity contribution >= 4 is 11.4 Å². The molecule has 2 aromatic carbocycles. The minimum absolute atomic E-state index is 0.853. The van der Waals surface area contributed by atoms with E-state index in [1.54, 1.807) is 10.0 Å². The zero-order valence-electron chi connectivity index (χ0n) is 11.4. The lowest BCUT2D eigenvalue weighted by molar-refractivity contribution is 0.992. The number of hydrogen-bond donors (Lipinski definition) is 2. The Hall–Kier alpha value is -2.04. The Balaban J connectivity index is 2.21. The second-order valence-electron chi connectivity index (χ2n) is 4.69. The van der Waals surface area contributed by atoms with Crippen LogP contribution in [0.15, 0.2) is 48.5 Å². The highest BCUT2D eigenvalue weighted by atomic mass is 15.4. The van der Waals surface area contributed by atoms with Crippen LogP contribution in [0.5, 0.6) is 0 Å². The normalized spacial score (nSPS) is 10.3. The summed E-state index contributed by atoms with van der Waals surface area (Å²) in [6.45, 7) is 0. The molecule has 0 spiro atoms. The van der Waals surface area contributed by atoms with E-state index in [0.717, 1.165) is 17.8 Å². The van der Waals surface area contributed by atoms with E-state index in [4.69, 9.17) is 11.7 Å². The van der Waals surface area contributed by atoms with E-state index < -0.39 is 0 Å². The average Bonchev–Trinajstić information content (AvgIpc) is 2.39. The quantitative estimate of drug-likeness (QED) is 0.648. The van der Waals surface area contributed by atoms with Crippen LogP contribution < -0.4 is 21.7 Å². The van der Waals surface area contributed by atoms with E-state index >= 15 is 0 Å². The predicted octanol–water partition coefficient (Wildman–Crippen LogP) is 1.90. The topological polar surface area (TPSA) is 58.5 Å². The molecule has 2 aromatic rings. The highest BCUT2D eigenvalue weighted by molar-refractivity contribution is 5.54. The van der Waals surface area contributed by atoms with Crippen molar-refractivity contribution in [3.63, 3.8) is 0 Å². The Labute approximate surface area is 114 Å². The van der Waals surface area contributed by atoms with Crippen LogP contribution in [0, 0.1) is 0 Å². The maximum absolute atomic E-state index is 5.84. The molecule has 0 heterocycles. The summed E-state index contributed by atoms with van der Waals surface area (Å²) in [6, 6.07) is 16.4. The fourth-order valence-electron chi connectivity index (χ4n) is 2.07. The van der Waals surface area contributed by atoms with Gasteiger partial charge in [0.2, 0.25) is 0 Å². The van der Waals surface area contributed by atoms with Gasteiger partial charge in [0.25, 0.3) is 0 Å². The van der Waals surface area contributed by atoms with Gasteiger partial charge < -0.3 is 10.0 Å². The number of rotatable bonds is 4. The van der Waals surface area contributed by atoms with Crippen LogP contribution >= 0.6 is 0 Å². The SMILES string of the molecule is CN(N)c1ccc(Cc2ccccc2N(C)N)cc1. The Bertz CT molecular complexity index is 532. The largest absolute Gasteiger partial charge is 0.314 e. The molecule has 0 saturated carbocycles. The molecule has 100 valence electrons. The fraction of sp³-hybridized carbons (Fsp3) is 0.200. The molecule has 4 heteroatoms. The molecular formula is C15H20N4. The number of hydrazine groups is 2. The first-order valence-electron chi connectivity index (χ1n) is 6.21. The summed E-state index contributed by atoms with van der Waals surface area (Å²) in [5.41, 5.74) is 4.48. The number of hydrogen-bond acceptors (Lipinski definition) is 4. The highest BCUT2D eigenvalue weighted by Gasteiger charge is 2.05. The molecule has 0 aliphatic rings. The predicted molar refractivity (Wildman–Crippen MR) is 80.9 cm³/mol. The number of nitrogens with zero attached hydrogens (tertiary/aromatic N) is 2. The van der Waals surface area contributed by atoms with Crippen molar-refractivity contribution in [1.82, 2.24) is 0 Å². The molecule has 0 fully saturated rings. The first kappa shape index (κ1) is 13.4. The third kappa shape index (κ3) is 3.24. The molecule has 0 aliphatic heterocycles. The lowest BCUT2D eigenvalue weighted by atomic mass is 10.0. The van der Waals surface area contributed by atoms with Crippen molar-refractivity contribution in [3.05, 3.63) is 59.7 Å². The lowest BCUT2D eigenvalue weighted by Gasteiger charge is -2.17. The second kappa shape index (κ2) is 5.73. The number of anilines is 2. The van der Waals surface area contributed by atoms with Crippen LogP contribution in [0.2, 0.25) is 0 Å². The summed E-state index contributed by atoms with van der Waals surface area (Å²) in [6.07, 6.45) is 0.853. The zero-order valence-corrected chi connectivity index (χ0v) is 11.4. The molecule has 4 N–H and O–H groups in total. The summed E-state index contributed by atoms with van der Waals surface area (Å²) in [7, 11) is 3.68. The minimum Gasteiger partial charge on any atom is -0.314 e. The van der Waals surface area contributed by atoms with Crippen molar-refractivity contribution in [2.45, 2.75) is 6.42 Å². The van der Waals surface area contributed by atoms with Crippen LogP contribution in [-0.4, -0.2) is 14.1 Å². The van der Waals surface area contributed by atoms with Gasteiger partial charge in [-0.3, -0.25) is 0 Å². The summed E-state index contributed by atoms with van der Waals surface area (Å²) < 4.78 is 0. The van der Waals surface area contributed by atoms with Gasteiger partial charge in [-0.05, 0) is 35.7 Å². The van der Waals surface area contributed by atoms with E-state index in [2.05, 4.69) is 18.2 Å². The Kier molecular flexibility index (Phi) is 4.04. The molecule has 0 saturated heterocycles. The van der Waals surface area contributed by atoms with Crippen molar-refractivity contribution in [1.29, 1.82) is 0 Å². The Morgan fingerprint density at radius 2 is 1.47 bits per heavy atom. The molecule has 4 nitrogen and oxygen atoms in total. The van der Waals surface area contributed by atoms with Gasteiger partial charge in [0.15, 0.2) is 0 Å². The van der Waals surface area contributed by atoms with Gasteiger partial charge in [-0.15, -0.1) is 0 Å². The molecular weight excluding hydrogens is 236 g/mol. The van der Waals surface area contributed by atoms with Crippen LogP contribution in [0.1, 0.15) is 11.1 Å². The highest BCUT2D eigenvalue weighted by Crippen LogP contribution is 2.21. The van der Waals surface area contributed by atoms with Crippen molar-refractivity contribution < 1.29 is 0 Å². The van der Waals surface area contributed by atoms with Gasteiger partial charge in [0, 0.05) is 14.1 Å². The summed E-state index contributed by atoms with van der Waals surface area (Å²) in [5, 5.41) is 3.25. The molecule has 0 amide bonds. The van der Waals surface area contributed by atoms with Crippen molar-refractivity contribution in [3.8, 4) is 0 Å². The van der Waals surface area contributed by atoms with E-state index in [0.29, 0.717) is 0 Å². The summed E-state index contributed by atoms with van der Waals surface area (Å²) in [4.78, 5) is 0. The molecule has 0 atom stereocenters. The first-order chi connectivity index (χ1) is 9.08. The van der Waals surface area contributed by atoms with Gasteiger partial charge >= 0.3 is 0 Å². The smallest absolute Gasteiger partial charge is 0.0549 e. The fourth-order valence-corrected chi connectivity index (χ4v) is 2.07. The second-order valence-corrected chi connectivity index (χ2v) is 4.69. The Morgan fingerprint density at radius 1 is 0.842 bits per heavy atom. The van der Waals surface area contributed by atoms with E-state index in [1.165, 1.54) is 11.1 Å². The third-order valence-electron chi connectivity index (χ3n) is 3.11. The molecule has 0 unspecified atom stereocenters. The molecule has 19 heavy (non-hydrogen) atoms. The third-order valence-corrected chi connectivity index (χ3v) is 3.11. The van der Waals surface area contributed by atoms with E-state index in [1.807, 2.05) is 44.4 Å². The van der Waals surface area contributed by atoms with E-state index in [9.17, 15) is 0 Å². The summed E-state index contributed by atoms with van der Waals surface area (Å²) >= 11 is 0. The van der Waals surface area contributed by atoms with Gasteiger partial charge in [0.05, 0.1) is 11.4 Å². The van der Waals surface area contributed by atoms with Crippen molar-refractivity contribution in [2.24, 2.45) is 11.7 Å². The number of para-hydroxylation sites is 1. The Morgan fingerprint density at radius 3 is 2.05 bits per heavy atom. The van der Waals surface area contributed by atoms with Crippen LogP contribution in [-0.2, 0) is 6.42 Å². The van der Waals surface area contributed by atoms with Crippen LogP contribution in [0.3, 0.4) is 0 Å². The van der Waals surface area contributed by atoms with E-state index in [-0.39, 0.29) is 0 Å². The van der Waals surface area contributed by atoms with Crippen LogP contribution in [0.25, 0.3) is 0 Å². The van der Waals surface area contributed by atoms with Gasteiger partial charge in [-0.25, -0.2) is 11.7 Å². The monoisotopic (exact) mass is 256 g/mol. The zero-order chi connectivity index (χ0) is 13.8. The standard InChI is InChI=1S/C15H20N4/c1-18(16)14-9-7-12(8-10-14)11-13-5-3-4-6-15(13)19(2)17/h3-10H,11,16-17H2,1-2H3. The molecule has 0 radical (unpaired) electrons. The molecule has 0 aliphatic carbocycles. The van der Waals surface area contributed by atoms with Crippen molar-refractivity contribution in [2.75, 3.05) is 24.1 Å². The lowest BCUT2D eigenvalue weighted by Crippen LogP contribution is -2.26. The van der Waals surface area contributed by atoms with Gasteiger partial charge in [0.1, 0.15) is 0 Å². The minimum atomic E-state index is 0.853. The van der Waals surface area contributed by atoms with Gasteiger partial charge in [-0.1, -0.05) is 30.3 Å². The maximum atomic E-state index is 5.84. The van der Waals surface area contributed by atoms with Gasteiger partial charge in [-0.2, -0.15) is 0 Å². The average molecular weight is 256 g/mol. The summed E-state index contributed by atoms with van der Waals surface area (Å²) in [5.74, 6) is 11.5.